The van der Waals surface area contributed by atoms with E-state index >= 15 is 0 Å². The monoisotopic (exact) mass is 289 g/mol. The van der Waals surface area contributed by atoms with Gasteiger partial charge in [0.2, 0.25) is 0 Å². The van der Waals surface area contributed by atoms with Crippen LogP contribution in [0.5, 0.6) is 0 Å². The molecule has 6 heteroatoms. The summed E-state index contributed by atoms with van der Waals surface area (Å²) in [5, 5.41) is 11.9. The van der Waals surface area contributed by atoms with Gasteiger partial charge >= 0.3 is 0 Å². The Labute approximate surface area is 124 Å². The van der Waals surface area contributed by atoms with Crippen LogP contribution in [0.4, 0.5) is 5.82 Å². The maximum absolute atomic E-state index is 10.5. The highest BCUT2D eigenvalue weighted by molar-refractivity contribution is 5.83. The summed E-state index contributed by atoms with van der Waals surface area (Å²) in [5.74, 6) is 0.591. The standard InChI is InChI=1S/C15H23N5O/c1-2-3-4-5-6-7-12-8-9-19-11-18-14-13(19)15(20(12)21)17-10-16-14/h10-12,21H,2-9H2,1H3. The molecule has 0 spiro atoms. The second kappa shape index (κ2) is 6.39. The van der Waals surface area contributed by atoms with E-state index in [-0.39, 0.29) is 6.04 Å². The van der Waals surface area contributed by atoms with Crippen LogP contribution in [-0.4, -0.2) is 30.8 Å². The third kappa shape index (κ3) is 2.85. The molecule has 0 aliphatic carbocycles. The van der Waals surface area contributed by atoms with Gasteiger partial charge in [-0.3, -0.25) is 5.21 Å². The van der Waals surface area contributed by atoms with E-state index in [1.54, 1.807) is 6.33 Å². The van der Waals surface area contributed by atoms with E-state index in [4.69, 9.17) is 0 Å². The second-order valence-corrected chi connectivity index (χ2v) is 5.80. The molecular formula is C15H23N5O. The molecule has 0 amide bonds. The van der Waals surface area contributed by atoms with Gasteiger partial charge in [-0.05, 0) is 12.8 Å². The minimum atomic E-state index is 0.129. The molecule has 21 heavy (non-hydrogen) atoms. The Morgan fingerprint density at radius 2 is 2.05 bits per heavy atom. The lowest BCUT2D eigenvalue weighted by atomic mass is 10.0. The predicted octanol–water partition coefficient (Wildman–Crippen LogP) is 3.15. The Kier molecular flexibility index (Phi) is 4.34. The molecule has 1 unspecified atom stereocenters. The number of nitrogens with zero attached hydrogens (tertiary/aromatic N) is 5. The maximum Gasteiger partial charge on any atom is 0.183 e. The van der Waals surface area contributed by atoms with Crippen LogP contribution in [-0.2, 0) is 6.54 Å². The number of hydrogen-bond acceptors (Lipinski definition) is 5. The zero-order valence-electron chi connectivity index (χ0n) is 12.6. The third-order valence-electron chi connectivity index (χ3n) is 4.30. The first-order valence-corrected chi connectivity index (χ1v) is 7.95. The van der Waals surface area contributed by atoms with Crippen molar-refractivity contribution in [1.82, 2.24) is 19.5 Å². The zero-order chi connectivity index (χ0) is 14.7. The molecular weight excluding hydrogens is 266 g/mol. The summed E-state index contributed by atoms with van der Waals surface area (Å²) in [5.41, 5.74) is 1.50. The first kappa shape index (κ1) is 14.3. The van der Waals surface area contributed by atoms with E-state index in [1.165, 1.54) is 37.1 Å². The summed E-state index contributed by atoms with van der Waals surface area (Å²) in [7, 11) is 0. The van der Waals surface area contributed by atoms with Gasteiger partial charge in [-0.25, -0.2) is 20.0 Å². The Bertz CT molecular complexity index is 597. The normalized spacial score (nSPS) is 18.2. The molecule has 1 aliphatic rings. The molecule has 2 aromatic heterocycles. The van der Waals surface area contributed by atoms with E-state index in [0.29, 0.717) is 11.5 Å². The van der Waals surface area contributed by atoms with Gasteiger partial charge in [-0.2, -0.15) is 0 Å². The van der Waals surface area contributed by atoms with E-state index in [0.717, 1.165) is 31.3 Å². The van der Waals surface area contributed by atoms with Crippen LogP contribution < -0.4 is 5.06 Å². The van der Waals surface area contributed by atoms with Gasteiger partial charge in [0.25, 0.3) is 0 Å². The molecule has 0 radical (unpaired) electrons. The average molecular weight is 289 g/mol. The lowest BCUT2D eigenvalue weighted by Crippen LogP contribution is -2.32. The highest BCUT2D eigenvalue weighted by Gasteiger charge is 2.26. The largest absolute Gasteiger partial charge is 0.326 e. The second-order valence-electron chi connectivity index (χ2n) is 5.80. The van der Waals surface area contributed by atoms with Gasteiger partial charge < -0.3 is 4.57 Å². The minimum absolute atomic E-state index is 0.129. The molecule has 1 N–H and O–H groups in total. The third-order valence-corrected chi connectivity index (χ3v) is 4.30. The van der Waals surface area contributed by atoms with Crippen molar-refractivity contribution in [2.24, 2.45) is 0 Å². The van der Waals surface area contributed by atoms with Crippen LogP contribution in [0.2, 0.25) is 0 Å². The predicted molar refractivity (Wildman–Crippen MR) is 81.4 cm³/mol. The Hall–Kier alpha value is -1.69. The van der Waals surface area contributed by atoms with Crippen LogP contribution in [0.25, 0.3) is 11.2 Å². The zero-order valence-corrected chi connectivity index (χ0v) is 12.6. The van der Waals surface area contributed by atoms with Crippen molar-refractivity contribution < 1.29 is 5.21 Å². The molecule has 0 saturated heterocycles. The molecule has 6 nitrogen and oxygen atoms in total. The van der Waals surface area contributed by atoms with E-state index in [9.17, 15) is 5.21 Å². The van der Waals surface area contributed by atoms with Gasteiger partial charge in [0, 0.05) is 6.54 Å². The Morgan fingerprint density at radius 3 is 2.90 bits per heavy atom. The van der Waals surface area contributed by atoms with Crippen molar-refractivity contribution in [3.63, 3.8) is 0 Å². The molecule has 2 aromatic rings. The molecule has 1 atom stereocenters. The first-order valence-electron chi connectivity index (χ1n) is 7.95. The van der Waals surface area contributed by atoms with Gasteiger partial charge in [0.1, 0.15) is 11.8 Å². The summed E-state index contributed by atoms with van der Waals surface area (Å²) in [6.45, 7) is 3.08. The van der Waals surface area contributed by atoms with E-state index < -0.39 is 0 Å². The highest BCUT2D eigenvalue weighted by Crippen LogP contribution is 2.29. The molecule has 0 fully saturated rings. The van der Waals surface area contributed by atoms with Crippen molar-refractivity contribution in [2.75, 3.05) is 5.06 Å². The van der Waals surface area contributed by atoms with Crippen LogP contribution in [0.3, 0.4) is 0 Å². The van der Waals surface area contributed by atoms with Crippen molar-refractivity contribution in [2.45, 2.75) is 64.5 Å². The van der Waals surface area contributed by atoms with Crippen LogP contribution in [0.15, 0.2) is 12.7 Å². The SMILES string of the molecule is CCCCCCCC1CCn2cnc3ncnc(c32)N1O. The smallest absolute Gasteiger partial charge is 0.183 e. The Balaban J connectivity index is 1.71. The van der Waals surface area contributed by atoms with Gasteiger partial charge in [0.15, 0.2) is 11.5 Å². The fourth-order valence-electron chi connectivity index (χ4n) is 3.06. The fraction of sp³-hybridized carbons (Fsp3) is 0.667. The molecule has 0 aromatic carbocycles. The number of hydroxylamine groups is 1. The molecule has 3 rings (SSSR count). The summed E-state index contributed by atoms with van der Waals surface area (Å²) in [6.07, 6.45) is 11.4. The molecule has 114 valence electrons. The summed E-state index contributed by atoms with van der Waals surface area (Å²) >= 11 is 0. The lowest BCUT2D eigenvalue weighted by Gasteiger charge is -2.24. The summed E-state index contributed by atoms with van der Waals surface area (Å²) in [6, 6.07) is 0.129. The molecule has 0 bridgehead atoms. The number of rotatable bonds is 6. The van der Waals surface area contributed by atoms with Crippen molar-refractivity contribution in [1.29, 1.82) is 0 Å². The maximum atomic E-state index is 10.5. The lowest BCUT2D eigenvalue weighted by molar-refractivity contribution is 0.199. The Morgan fingerprint density at radius 1 is 1.19 bits per heavy atom. The number of aryl methyl sites for hydroxylation is 1. The van der Waals surface area contributed by atoms with Crippen molar-refractivity contribution >= 4 is 17.0 Å². The number of imidazole rings is 1. The van der Waals surface area contributed by atoms with Crippen LogP contribution in [0.1, 0.15) is 51.9 Å². The highest BCUT2D eigenvalue weighted by atomic mass is 16.5. The van der Waals surface area contributed by atoms with E-state index in [2.05, 4.69) is 21.9 Å². The van der Waals surface area contributed by atoms with Crippen molar-refractivity contribution in [3.8, 4) is 0 Å². The van der Waals surface area contributed by atoms with Crippen molar-refractivity contribution in [3.05, 3.63) is 12.7 Å². The van der Waals surface area contributed by atoms with Gasteiger partial charge in [-0.15, -0.1) is 0 Å². The van der Waals surface area contributed by atoms with E-state index in [1.807, 2.05) is 4.57 Å². The number of aromatic nitrogens is 4. The minimum Gasteiger partial charge on any atom is -0.326 e. The first-order chi connectivity index (χ1) is 10.3. The van der Waals surface area contributed by atoms with Gasteiger partial charge in [-0.1, -0.05) is 39.0 Å². The van der Waals surface area contributed by atoms with Gasteiger partial charge in [0.05, 0.1) is 12.4 Å². The van der Waals surface area contributed by atoms with Crippen LogP contribution in [0, 0.1) is 0 Å². The van der Waals surface area contributed by atoms with Crippen LogP contribution >= 0.6 is 0 Å². The fourth-order valence-corrected chi connectivity index (χ4v) is 3.06. The summed E-state index contributed by atoms with van der Waals surface area (Å²) in [4.78, 5) is 12.7. The summed E-state index contributed by atoms with van der Waals surface area (Å²) < 4.78 is 2.05. The number of unbranched alkanes of at least 4 members (excludes halogenated alkanes) is 4. The molecule has 3 heterocycles. The average Bonchev–Trinajstić information content (AvgIpc) is 2.86. The number of hydrogen-bond donors (Lipinski definition) is 1. The number of anilines is 1. The topological polar surface area (TPSA) is 67.1 Å². The quantitative estimate of drug-likeness (QED) is 0.827. The molecule has 1 aliphatic heterocycles. The molecule has 0 saturated carbocycles.